The van der Waals surface area contributed by atoms with Gasteiger partial charge < -0.3 is 4.90 Å². The highest BCUT2D eigenvalue weighted by Crippen LogP contribution is 2.32. The molecule has 2 aromatic heterocycles. The Hall–Kier alpha value is -3.32. The van der Waals surface area contributed by atoms with Gasteiger partial charge in [0, 0.05) is 37.7 Å². The van der Waals surface area contributed by atoms with Gasteiger partial charge in [-0.05, 0) is 48.0 Å². The predicted octanol–water partition coefficient (Wildman–Crippen LogP) is 4.74. The summed E-state index contributed by atoms with van der Waals surface area (Å²) in [6, 6.07) is 15.9. The molecule has 29 heavy (non-hydrogen) atoms. The summed E-state index contributed by atoms with van der Waals surface area (Å²) >= 11 is 1.30. The zero-order valence-corrected chi connectivity index (χ0v) is 16.9. The van der Waals surface area contributed by atoms with Crippen LogP contribution in [0.15, 0.2) is 67.0 Å². The summed E-state index contributed by atoms with van der Waals surface area (Å²) in [5.74, 6) is -0.590. The van der Waals surface area contributed by atoms with E-state index in [1.54, 1.807) is 41.6 Å². The molecule has 0 aliphatic rings. The van der Waals surface area contributed by atoms with E-state index in [1.165, 1.54) is 17.4 Å². The van der Waals surface area contributed by atoms with Crippen molar-refractivity contribution >= 4 is 38.3 Å². The number of aromatic nitrogens is 2. The van der Waals surface area contributed by atoms with Crippen LogP contribution in [0.4, 0.5) is 15.2 Å². The van der Waals surface area contributed by atoms with Crippen LogP contribution >= 0.6 is 11.3 Å². The predicted molar refractivity (Wildman–Crippen MR) is 115 cm³/mol. The highest BCUT2D eigenvalue weighted by Gasteiger charge is 2.22. The molecule has 146 valence electrons. The van der Waals surface area contributed by atoms with Crippen molar-refractivity contribution in [2.24, 2.45) is 0 Å². The molecule has 0 aliphatic heterocycles. The molecule has 0 fully saturated rings. The molecule has 1 amide bonds. The molecule has 0 saturated carbocycles. The van der Waals surface area contributed by atoms with Gasteiger partial charge >= 0.3 is 0 Å². The molecular weight excluding hydrogens is 387 g/mol. The third-order valence-corrected chi connectivity index (χ3v) is 5.57. The van der Waals surface area contributed by atoms with E-state index in [4.69, 9.17) is 0 Å². The fourth-order valence-corrected chi connectivity index (χ4v) is 3.95. The van der Waals surface area contributed by atoms with Crippen molar-refractivity contribution in [3.63, 3.8) is 0 Å². The van der Waals surface area contributed by atoms with E-state index in [9.17, 15) is 9.18 Å². The minimum Gasteiger partial charge on any atom is -0.378 e. The van der Waals surface area contributed by atoms with E-state index < -0.39 is 5.82 Å². The molecule has 0 saturated heterocycles. The Morgan fingerprint density at radius 1 is 1.07 bits per heavy atom. The number of rotatable bonds is 5. The fourth-order valence-electron chi connectivity index (χ4n) is 2.98. The summed E-state index contributed by atoms with van der Waals surface area (Å²) in [5, 5.41) is 0.454. The van der Waals surface area contributed by atoms with Gasteiger partial charge in [0.25, 0.3) is 5.91 Å². The van der Waals surface area contributed by atoms with E-state index in [0.29, 0.717) is 21.9 Å². The SMILES string of the molecule is CN(C)c1ccc(C(=O)N(Cc2cccnc2)c2nc3c(F)cccc3s2)cc1. The lowest BCUT2D eigenvalue weighted by molar-refractivity contribution is 0.0985. The minimum absolute atomic E-state index is 0.196. The lowest BCUT2D eigenvalue weighted by Gasteiger charge is -2.20. The highest BCUT2D eigenvalue weighted by molar-refractivity contribution is 7.22. The van der Waals surface area contributed by atoms with Crippen LogP contribution in [0.1, 0.15) is 15.9 Å². The summed E-state index contributed by atoms with van der Waals surface area (Å²) < 4.78 is 14.9. The molecule has 0 bridgehead atoms. The van der Waals surface area contributed by atoms with Crippen LogP contribution in [-0.2, 0) is 6.54 Å². The molecule has 2 aromatic carbocycles. The average molecular weight is 406 g/mol. The van der Waals surface area contributed by atoms with Crippen molar-refractivity contribution in [2.45, 2.75) is 6.54 Å². The number of carbonyl (C=O) groups excluding carboxylic acids is 1. The van der Waals surface area contributed by atoms with Crippen LogP contribution in [0.25, 0.3) is 10.2 Å². The molecule has 4 rings (SSSR count). The maximum absolute atomic E-state index is 14.2. The molecule has 5 nitrogen and oxygen atoms in total. The Balaban J connectivity index is 1.74. The van der Waals surface area contributed by atoms with Gasteiger partial charge in [0.15, 0.2) is 5.13 Å². The Kier molecular flexibility index (Phi) is 5.22. The van der Waals surface area contributed by atoms with Gasteiger partial charge in [-0.25, -0.2) is 9.37 Å². The van der Waals surface area contributed by atoms with E-state index >= 15 is 0 Å². The smallest absolute Gasteiger partial charge is 0.260 e. The van der Waals surface area contributed by atoms with E-state index in [0.717, 1.165) is 11.3 Å². The quantitative estimate of drug-likeness (QED) is 0.480. The van der Waals surface area contributed by atoms with Gasteiger partial charge in [0.1, 0.15) is 11.3 Å². The first-order valence-corrected chi connectivity index (χ1v) is 9.88. The van der Waals surface area contributed by atoms with Crippen LogP contribution < -0.4 is 9.80 Å². The van der Waals surface area contributed by atoms with Crippen molar-refractivity contribution in [1.82, 2.24) is 9.97 Å². The molecule has 0 aliphatic carbocycles. The number of halogens is 1. The van der Waals surface area contributed by atoms with Crippen molar-refractivity contribution < 1.29 is 9.18 Å². The van der Waals surface area contributed by atoms with Gasteiger partial charge in [0.2, 0.25) is 0 Å². The maximum atomic E-state index is 14.2. The standard InChI is InChI=1S/C22H19FN4OS/c1-26(2)17-10-8-16(9-11-17)21(28)27(14-15-5-4-12-24-13-15)22-25-20-18(23)6-3-7-19(20)29-22/h3-13H,14H2,1-2H3. The molecule has 2 heterocycles. The second-order valence-corrected chi connectivity index (χ2v) is 7.79. The number of nitrogens with zero attached hydrogens (tertiary/aromatic N) is 4. The van der Waals surface area contributed by atoms with Gasteiger partial charge in [-0.3, -0.25) is 14.7 Å². The molecule has 0 spiro atoms. The first-order valence-electron chi connectivity index (χ1n) is 9.06. The first kappa shape index (κ1) is 19.0. The number of fused-ring (bicyclic) bond motifs is 1. The second-order valence-electron chi connectivity index (χ2n) is 6.78. The van der Waals surface area contributed by atoms with E-state index in [-0.39, 0.29) is 11.4 Å². The molecule has 7 heteroatoms. The van der Waals surface area contributed by atoms with Crippen LogP contribution in [-0.4, -0.2) is 30.0 Å². The Morgan fingerprint density at radius 3 is 2.52 bits per heavy atom. The molecule has 0 N–H and O–H groups in total. The summed E-state index contributed by atoms with van der Waals surface area (Å²) in [5.41, 5.74) is 2.69. The maximum Gasteiger partial charge on any atom is 0.260 e. The lowest BCUT2D eigenvalue weighted by Crippen LogP contribution is -2.30. The van der Waals surface area contributed by atoms with Crippen LogP contribution in [0.3, 0.4) is 0 Å². The number of hydrogen-bond donors (Lipinski definition) is 0. The first-order chi connectivity index (χ1) is 14.0. The largest absolute Gasteiger partial charge is 0.378 e. The molecule has 0 atom stereocenters. The van der Waals surface area contributed by atoms with E-state index in [1.807, 2.05) is 43.3 Å². The van der Waals surface area contributed by atoms with Gasteiger partial charge in [-0.1, -0.05) is 23.5 Å². The van der Waals surface area contributed by atoms with Crippen molar-refractivity contribution in [2.75, 3.05) is 23.9 Å². The number of amides is 1. The van der Waals surface area contributed by atoms with E-state index in [2.05, 4.69) is 9.97 Å². The number of anilines is 2. The topological polar surface area (TPSA) is 49.3 Å². The normalized spacial score (nSPS) is 10.9. The molecule has 0 radical (unpaired) electrons. The van der Waals surface area contributed by atoms with Crippen molar-refractivity contribution in [3.8, 4) is 0 Å². The zero-order valence-electron chi connectivity index (χ0n) is 16.0. The van der Waals surface area contributed by atoms with Crippen molar-refractivity contribution in [3.05, 3.63) is 83.9 Å². The average Bonchev–Trinajstić information content (AvgIpc) is 3.18. The van der Waals surface area contributed by atoms with Crippen LogP contribution in [0.5, 0.6) is 0 Å². The van der Waals surface area contributed by atoms with Gasteiger partial charge in [0.05, 0.1) is 11.2 Å². The number of thiazole rings is 1. The van der Waals surface area contributed by atoms with Crippen LogP contribution in [0.2, 0.25) is 0 Å². The van der Waals surface area contributed by atoms with Crippen molar-refractivity contribution in [1.29, 1.82) is 0 Å². The number of carbonyl (C=O) groups is 1. The third kappa shape index (κ3) is 3.95. The monoisotopic (exact) mass is 406 g/mol. The number of para-hydroxylation sites is 1. The lowest BCUT2D eigenvalue weighted by atomic mass is 10.1. The van der Waals surface area contributed by atoms with Gasteiger partial charge in [-0.2, -0.15) is 0 Å². The summed E-state index contributed by atoms with van der Waals surface area (Å²) in [4.78, 5) is 25.5. The number of pyridine rings is 1. The third-order valence-electron chi connectivity index (χ3n) is 4.53. The minimum atomic E-state index is -0.394. The number of benzene rings is 2. The zero-order chi connectivity index (χ0) is 20.4. The highest BCUT2D eigenvalue weighted by atomic mass is 32.1. The Labute approximate surface area is 172 Å². The summed E-state index contributed by atoms with van der Waals surface area (Å²) in [7, 11) is 3.89. The van der Waals surface area contributed by atoms with Crippen LogP contribution in [0, 0.1) is 5.82 Å². The Morgan fingerprint density at radius 2 is 1.86 bits per heavy atom. The second kappa shape index (κ2) is 7.97. The summed E-state index contributed by atoms with van der Waals surface area (Å²) in [6.07, 6.45) is 3.39. The number of hydrogen-bond acceptors (Lipinski definition) is 5. The van der Waals surface area contributed by atoms with Gasteiger partial charge in [-0.15, -0.1) is 0 Å². The molecule has 0 unspecified atom stereocenters. The Bertz CT molecular complexity index is 1140. The molecular formula is C22H19FN4OS. The summed E-state index contributed by atoms with van der Waals surface area (Å²) in [6.45, 7) is 0.295. The fraction of sp³-hybridized carbons (Fsp3) is 0.136. The molecule has 4 aromatic rings.